The maximum Gasteiger partial charge on any atom is 0.472 e. The topological polar surface area (TPSA) is 237 Å². The number of carbonyl (C=O) groups excluding carboxylic acids is 4. The average Bonchev–Trinajstić information content (AvgIpc) is 1.35. The molecule has 546 valence electrons. The molecule has 0 aliphatic carbocycles. The van der Waals surface area contributed by atoms with Crippen LogP contribution in [0.1, 0.15) is 323 Å². The van der Waals surface area contributed by atoms with E-state index in [2.05, 4.69) is 101 Å². The van der Waals surface area contributed by atoms with Gasteiger partial charge in [0.1, 0.15) is 19.3 Å². The Morgan fingerprint density at radius 1 is 0.309 bits per heavy atom. The summed E-state index contributed by atoms with van der Waals surface area (Å²) in [5.74, 6) is -2.22. The monoisotopic (exact) mass is 1370 g/mol. The van der Waals surface area contributed by atoms with Crippen LogP contribution in [-0.2, 0) is 65.4 Å². The molecule has 0 radical (unpaired) electrons. The normalized spacial score (nSPS) is 14.4. The third-order valence-electron chi connectivity index (χ3n) is 15.7. The molecule has 0 saturated carbocycles. The van der Waals surface area contributed by atoms with Crippen molar-refractivity contribution < 1.29 is 80.2 Å². The molecule has 5 unspecified atom stereocenters. The van der Waals surface area contributed by atoms with E-state index in [1.807, 2.05) is 0 Å². The van der Waals surface area contributed by atoms with Gasteiger partial charge in [-0.1, -0.05) is 261 Å². The smallest absolute Gasteiger partial charge is 0.462 e. The van der Waals surface area contributed by atoms with Crippen LogP contribution in [0.25, 0.3) is 0 Å². The number of hydrogen-bond donors (Lipinski definition) is 3. The third-order valence-corrected chi connectivity index (χ3v) is 17.6. The zero-order chi connectivity index (χ0) is 69.0. The number of carbonyl (C=O) groups is 4. The Morgan fingerprint density at radius 3 is 0.926 bits per heavy atom. The maximum atomic E-state index is 13.0. The maximum absolute atomic E-state index is 13.0. The molecule has 0 aromatic carbocycles. The van der Waals surface area contributed by atoms with E-state index < -0.39 is 97.5 Å². The number of ether oxygens (including phenoxy) is 4. The Bertz CT molecular complexity index is 2070. The number of esters is 4. The Kier molecular flexibility index (Phi) is 65.5. The minimum Gasteiger partial charge on any atom is -0.462 e. The van der Waals surface area contributed by atoms with E-state index in [0.717, 1.165) is 135 Å². The molecular formula is C75H134O17P2. The van der Waals surface area contributed by atoms with Gasteiger partial charge < -0.3 is 33.8 Å². The van der Waals surface area contributed by atoms with Crippen molar-refractivity contribution in [3.63, 3.8) is 0 Å². The lowest BCUT2D eigenvalue weighted by Gasteiger charge is -2.21. The zero-order valence-corrected chi connectivity index (χ0v) is 61.2. The van der Waals surface area contributed by atoms with Crippen molar-refractivity contribution in [3.05, 3.63) is 72.9 Å². The van der Waals surface area contributed by atoms with E-state index in [4.69, 9.17) is 37.0 Å². The van der Waals surface area contributed by atoms with Gasteiger partial charge in [0, 0.05) is 25.7 Å². The van der Waals surface area contributed by atoms with E-state index in [1.54, 1.807) is 0 Å². The first-order valence-electron chi connectivity index (χ1n) is 37.2. The number of unbranched alkanes of at least 4 members (excludes halogenated alkanes) is 32. The molecule has 0 spiro atoms. The molecule has 0 saturated heterocycles. The Labute approximate surface area is 571 Å². The van der Waals surface area contributed by atoms with E-state index in [9.17, 15) is 43.2 Å². The summed E-state index contributed by atoms with van der Waals surface area (Å²) in [6.45, 7) is 4.67. The summed E-state index contributed by atoms with van der Waals surface area (Å²) < 4.78 is 68.3. The van der Waals surface area contributed by atoms with Gasteiger partial charge in [-0.2, -0.15) is 0 Å². The van der Waals surface area contributed by atoms with E-state index in [-0.39, 0.29) is 25.7 Å². The number of phosphoric ester groups is 2. The third kappa shape index (κ3) is 67.1. The quantitative estimate of drug-likeness (QED) is 0.0169. The molecule has 0 rings (SSSR count). The van der Waals surface area contributed by atoms with Crippen molar-refractivity contribution in [3.8, 4) is 0 Å². The van der Waals surface area contributed by atoms with Gasteiger partial charge in [0.25, 0.3) is 0 Å². The van der Waals surface area contributed by atoms with E-state index >= 15 is 0 Å². The highest BCUT2D eigenvalue weighted by atomic mass is 31.2. The highest BCUT2D eigenvalue weighted by Gasteiger charge is 2.30. The van der Waals surface area contributed by atoms with Gasteiger partial charge in [0.2, 0.25) is 0 Å². The van der Waals surface area contributed by atoms with Crippen LogP contribution in [0.15, 0.2) is 72.9 Å². The molecule has 0 heterocycles. The van der Waals surface area contributed by atoms with Crippen LogP contribution in [0.2, 0.25) is 0 Å². The lowest BCUT2D eigenvalue weighted by Crippen LogP contribution is -2.30. The second kappa shape index (κ2) is 68.0. The first-order valence-corrected chi connectivity index (χ1v) is 40.2. The number of aliphatic hydroxyl groups is 1. The average molecular weight is 1370 g/mol. The number of phosphoric acid groups is 2. The standard InChI is InChI=1S/C75H134O17P2/c1-5-9-13-17-21-25-29-32-34-37-40-43-47-51-55-59-72(77)85-65-70(91-74(79)61-57-53-49-45-39-28-24-20-16-12-8-4)67-89-93(81,82)87-63-69(76)64-88-94(83,84)90-68-71(92-75(80)62-58-54-50-46-42-36-31-27-23-19-15-11-7-3)66-86-73(78)60-56-52-48-44-41-38-35-33-30-26-22-18-14-10-6-2/h9,13,20-21,24-25,27,31-32,34,40,43,69-71,76H,5-8,10-12,14-19,22-23,26,28-30,33,35-39,41-42,44-68H2,1-4H3,(H,81,82)(H,83,84)/b13-9-,24-20-,25-21-,31-27-,34-32-,43-40-. The van der Waals surface area contributed by atoms with Gasteiger partial charge in [-0.3, -0.25) is 37.3 Å². The summed E-state index contributed by atoms with van der Waals surface area (Å²) >= 11 is 0. The zero-order valence-electron chi connectivity index (χ0n) is 59.4. The van der Waals surface area contributed by atoms with Crippen molar-refractivity contribution in [2.75, 3.05) is 39.6 Å². The lowest BCUT2D eigenvalue weighted by atomic mass is 10.0. The van der Waals surface area contributed by atoms with Gasteiger partial charge >= 0.3 is 39.5 Å². The SMILES string of the molecule is CC/C=C\C/C=C\C/C=C\C/C=C\CCCCC(=O)OCC(COP(=O)(O)OCC(O)COP(=O)(O)OCC(COC(=O)CCCCCCCCCCCCCCCCC)OC(=O)CCCCCCC/C=C\CCCCCC)OC(=O)CCCCCCC/C=C\CCCC. The van der Waals surface area contributed by atoms with Crippen LogP contribution < -0.4 is 0 Å². The number of aliphatic hydroxyl groups excluding tert-OH is 1. The molecule has 0 fully saturated rings. The largest absolute Gasteiger partial charge is 0.472 e. The van der Waals surface area contributed by atoms with Gasteiger partial charge in [-0.25, -0.2) is 9.13 Å². The van der Waals surface area contributed by atoms with Gasteiger partial charge in [-0.05, 0) is 109 Å². The van der Waals surface area contributed by atoms with Crippen LogP contribution >= 0.6 is 15.6 Å². The van der Waals surface area contributed by atoms with Crippen molar-refractivity contribution in [2.24, 2.45) is 0 Å². The molecular weight excluding hydrogens is 1230 g/mol. The minimum absolute atomic E-state index is 0.0769. The molecule has 0 bridgehead atoms. The number of hydrogen-bond acceptors (Lipinski definition) is 15. The Morgan fingerprint density at radius 2 is 0.564 bits per heavy atom. The van der Waals surface area contributed by atoms with Crippen LogP contribution in [0.5, 0.6) is 0 Å². The lowest BCUT2D eigenvalue weighted by molar-refractivity contribution is -0.161. The molecule has 94 heavy (non-hydrogen) atoms. The molecule has 0 aromatic heterocycles. The van der Waals surface area contributed by atoms with Crippen molar-refractivity contribution in [1.82, 2.24) is 0 Å². The molecule has 0 aliphatic rings. The van der Waals surface area contributed by atoms with Gasteiger partial charge in [-0.15, -0.1) is 0 Å². The van der Waals surface area contributed by atoms with E-state index in [1.165, 1.54) is 109 Å². The highest BCUT2D eigenvalue weighted by Crippen LogP contribution is 2.45. The minimum atomic E-state index is -4.98. The fraction of sp³-hybridized carbons (Fsp3) is 0.787. The first-order chi connectivity index (χ1) is 45.7. The molecule has 0 aliphatic heterocycles. The summed E-state index contributed by atoms with van der Waals surface area (Å²) in [4.78, 5) is 72.7. The fourth-order valence-corrected chi connectivity index (χ4v) is 11.5. The molecule has 0 amide bonds. The number of rotatable bonds is 70. The second-order valence-electron chi connectivity index (χ2n) is 24.9. The summed E-state index contributed by atoms with van der Waals surface area (Å²) in [7, 11) is -9.94. The summed E-state index contributed by atoms with van der Waals surface area (Å²) in [5.41, 5.74) is 0. The Balaban J connectivity index is 5.33. The summed E-state index contributed by atoms with van der Waals surface area (Å²) in [6, 6.07) is 0. The van der Waals surface area contributed by atoms with Crippen molar-refractivity contribution in [1.29, 1.82) is 0 Å². The first kappa shape index (κ1) is 90.5. The highest BCUT2D eigenvalue weighted by molar-refractivity contribution is 7.47. The van der Waals surface area contributed by atoms with Crippen LogP contribution in [0, 0.1) is 0 Å². The number of allylic oxidation sites excluding steroid dienone is 12. The predicted octanol–water partition coefficient (Wildman–Crippen LogP) is 20.9. The van der Waals surface area contributed by atoms with Crippen molar-refractivity contribution >= 4 is 39.5 Å². The predicted molar refractivity (Wildman–Crippen MR) is 381 cm³/mol. The molecule has 19 heteroatoms. The second-order valence-corrected chi connectivity index (χ2v) is 27.8. The Hall–Kier alpha value is -3.50. The fourth-order valence-electron chi connectivity index (χ4n) is 9.95. The molecule has 5 atom stereocenters. The van der Waals surface area contributed by atoms with Crippen molar-refractivity contribution in [2.45, 2.75) is 341 Å². The molecule has 0 aromatic rings. The molecule has 17 nitrogen and oxygen atoms in total. The summed E-state index contributed by atoms with van der Waals surface area (Å²) in [6.07, 6.45) is 66.2. The van der Waals surface area contributed by atoms with Crippen LogP contribution in [-0.4, -0.2) is 96.7 Å². The van der Waals surface area contributed by atoms with Crippen LogP contribution in [0.3, 0.4) is 0 Å². The summed E-state index contributed by atoms with van der Waals surface area (Å²) in [5, 5.41) is 10.6. The van der Waals surface area contributed by atoms with Gasteiger partial charge in [0.15, 0.2) is 12.2 Å². The van der Waals surface area contributed by atoms with Gasteiger partial charge in [0.05, 0.1) is 26.4 Å². The molecule has 3 N–H and O–H groups in total. The van der Waals surface area contributed by atoms with E-state index in [0.29, 0.717) is 25.7 Å². The van der Waals surface area contributed by atoms with Crippen LogP contribution in [0.4, 0.5) is 0 Å².